The van der Waals surface area contributed by atoms with Gasteiger partial charge in [0.1, 0.15) is 0 Å². The van der Waals surface area contributed by atoms with E-state index in [1.165, 1.54) is 6.20 Å². The van der Waals surface area contributed by atoms with Crippen LogP contribution in [0.25, 0.3) is 0 Å². The van der Waals surface area contributed by atoms with Gasteiger partial charge >= 0.3 is 0 Å². The van der Waals surface area contributed by atoms with Gasteiger partial charge in [0.2, 0.25) is 10.0 Å². The van der Waals surface area contributed by atoms with Crippen molar-refractivity contribution < 1.29 is 13.2 Å². The van der Waals surface area contributed by atoms with Crippen LogP contribution < -0.4 is 4.72 Å². The number of rotatable bonds is 4. The van der Waals surface area contributed by atoms with Crippen LogP contribution in [0.4, 0.5) is 0 Å². The minimum absolute atomic E-state index is 0.271. The van der Waals surface area contributed by atoms with Crippen molar-refractivity contribution >= 4 is 15.9 Å². The maximum Gasteiger partial charge on any atom is 0.266 e. The molecule has 1 aromatic rings. The van der Waals surface area contributed by atoms with E-state index < -0.39 is 21.2 Å². The second kappa shape index (κ2) is 6.56. The molecule has 1 N–H and O–H groups in total. The minimum Gasteiger partial charge on any atom is -0.268 e. The van der Waals surface area contributed by atoms with Crippen LogP contribution in [-0.2, 0) is 10.0 Å². The molecule has 2 rings (SSSR count). The number of hydrogen-bond acceptors (Lipinski definition) is 4. The third-order valence-electron chi connectivity index (χ3n) is 3.87. The number of amides is 1. The minimum atomic E-state index is -3.58. The topological polar surface area (TPSA) is 76.1 Å². The third kappa shape index (κ3) is 4.03. The molecule has 1 aliphatic rings. The standard InChI is InChI=1S/C15H22N2O3S/c1-11(2)14-9-8-12(10-16-14)15(18)17-21(19,20)13-6-4-3-5-7-13/h8-11,13H,3-7H2,1-2H3,(H,17,18). The summed E-state index contributed by atoms with van der Waals surface area (Å²) in [7, 11) is -3.58. The Bertz CT molecular complexity index is 588. The first-order valence-corrected chi connectivity index (χ1v) is 8.96. The van der Waals surface area contributed by atoms with Gasteiger partial charge in [-0.15, -0.1) is 0 Å². The molecule has 1 fully saturated rings. The first-order chi connectivity index (χ1) is 9.90. The van der Waals surface area contributed by atoms with Crippen LogP contribution in [0, 0.1) is 0 Å². The highest BCUT2D eigenvalue weighted by atomic mass is 32.2. The molecular formula is C15H22N2O3S. The molecule has 0 radical (unpaired) electrons. The Morgan fingerprint density at radius 3 is 2.43 bits per heavy atom. The average Bonchev–Trinajstić information content (AvgIpc) is 2.48. The lowest BCUT2D eigenvalue weighted by Crippen LogP contribution is -2.39. The van der Waals surface area contributed by atoms with Gasteiger partial charge in [-0.3, -0.25) is 9.78 Å². The Hall–Kier alpha value is -1.43. The Morgan fingerprint density at radius 2 is 1.90 bits per heavy atom. The number of sulfonamides is 1. The predicted octanol–water partition coefficient (Wildman–Crippen LogP) is 2.60. The molecule has 1 aliphatic carbocycles. The van der Waals surface area contributed by atoms with E-state index >= 15 is 0 Å². The number of nitrogens with zero attached hydrogens (tertiary/aromatic N) is 1. The zero-order valence-corrected chi connectivity index (χ0v) is 13.3. The van der Waals surface area contributed by atoms with E-state index in [0.29, 0.717) is 12.8 Å². The molecule has 0 spiro atoms. The second-order valence-electron chi connectivity index (χ2n) is 5.86. The smallest absolute Gasteiger partial charge is 0.266 e. The van der Waals surface area contributed by atoms with Gasteiger partial charge in [0.15, 0.2) is 0 Å². The van der Waals surface area contributed by atoms with Crippen molar-refractivity contribution in [2.75, 3.05) is 0 Å². The van der Waals surface area contributed by atoms with Crippen molar-refractivity contribution in [2.24, 2.45) is 0 Å². The number of carbonyl (C=O) groups excluding carboxylic acids is 1. The summed E-state index contributed by atoms with van der Waals surface area (Å²) in [5.74, 6) is -0.323. The number of hydrogen-bond donors (Lipinski definition) is 1. The van der Waals surface area contributed by atoms with Crippen molar-refractivity contribution in [3.8, 4) is 0 Å². The van der Waals surface area contributed by atoms with Gasteiger partial charge in [0.05, 0.1) is 10.8 Å². The summed E-state index contributed by atoms with van der Waals surface area (Å²) in [6.45, 7) is 4.02. The average molecular weight is 310 g/mol. The van der Waals surface area contributed by atoms with E-state index in [1.54, 1.807) is 12.1 Å². The highest BCUT2D eigenvalue weighted by Gasteiger charge is 2.29. The Labute approximate surface area is 126 Å². The highest BCUT2D eigenvalue weighted by molar-refractivity contribution is 7.90. The Balaban J connectivity index is 2.06. The maximum absolute atomic E-state index is 12.2. The van der Waals surface area contributed by atoms with E-state index in [9.17, 15) is 13.2 Å². The second-order valence-corrected chi connectivity index (χ2v) is 7.82. The van der Waals surface area contributed by atoms with Crippen molar-refractivity contribution in [3.05, 3.63) is 29.6 Å². The van der Waals surface area contributed by atoms with E-state index in [4.69, 9.17) is 0 Å². The van der Waals surface area contributed by atoms with E-state index in [2.05, 4.69) is 9.71 Å². The van der Waals surface area contributed by atoms with Crippen molar-refractivity contribution in [3.63, 3.8) is 0 Å². The van der Waals surface area contributed by atoms with Gasteiger partial charge in [-0.2, -0.15) is 0 Å². The molecular weight excluding hydrogens is 288 g/mol. The summed E-state index contributed by atoms with van der Waals surface area (Å²) in [6.07, 6.45) is 5.58. The largest absolute Gasteiger partial charge is 0.268 e. The molecule has 6 heteroatoms. The van der Waals surface area contributed by atoms with Crippen LogP contribution in [0.2, 0.25) is 0 Å². The van der Waals surface area contributed by atoms with Crippen LogP contribution in [0.5, 0.6) is 0 Å². The van der Waals surface area contributed by atoms with Crippen LogP contribution >= 0.6 is 0 Å². The van der Waals surface area contributed by atoms with Crippen LogP contribution in [-0.4, -0.2) is 24.6 Å². The van der Waals surface area contributed by atoms with Gasteiger partial charge in [0, 0.05) is 11.9 Å². The molecule has 1 heterocycles. The van der Waals surface area contributed by atoms with Gasteiger partial charge in [-0.25, -0.2) is 13.1 Å². The lowest BCUT2D eigenvalue weighted by Gasteiger charge is -2.21. The van der Waals surface area contributed by atoms with Crippen LogP contribution in [0.3, 0.4) is 0 Å². The SMILES string of the molecule is CC(C)c1ccc(C(=O)NS(=O)(=O)C2CCCCC2)cn1. The lowest BCUT2D eigenvalue weighted by molar-refractivity contribution is 0.0980. The molecule has 0 unspecified atom stereocenters. The van der Waals surface area contributed by atoms with Crippen molar-refractivity contribution in [2.45, 2.75) is 57.1 Å². The van der Waals surface area contributed by atoms with E-state index in [1.807, 2.05) is 13.8 Å². The first kappa shape index (κ1) is 15.9. The van der Waals surface area contributed by atoms with Gasteiger partial charge in [-0.1, -0.05) is 33.1 Å². The number of pyridine rings is 1. The molecule has 116 valence electrons. The molecule has 0 aliphatic heterocycles. The third-order valence-corrected chi connectivity index (χ3v) is 5.69. The fourth-order valence-electron chi connectivity index (χ4n) is 2.53. The first-order valence-electron chi connectivity index (χ1n) is 7.42. The van der Waals surface area contributed by atoms with Crippen LogP contribution in [0.1, 0.15) is 67.9 Å². The molecule has 1 amide bonds. The van der Waals surface area contributed by atoms with Crippen LogP contribution in [0.15, 0.2) is 18.3 Å². The molecule has 21 heavy (non-hydrogen) atoms. The normalized spacial score (nSPS) is 16.9. The van der Waals surface area contributed by atoms with Gasteiger partial charge < -0.3 is 0 Å². The van der Waals surface area contributed by atoms with Gasteiger partial charge in [-0.05, 0) is 30.9 Å². The van der Waals surface area contributed by atoms with Crippen molar-refractivity contribution in [1.29, 1.82) is 0 Å². The fourth-order valence-corrected chi connectivity index (χ4v) is 4.02. The summed E-state index contributed by atoms with van der Waals surface area (Å²) < 4.78 is 26.6. The van der Waals surface area contributed by atoms with Gasteiger partial charge in [0.25, 0.3) is 5.91 Å². The van der Waals surface area contributed by atoms with Crippen molar-refractivity contribution in [1.82, 2.24) is 9.71 Å². The highest BCUT2D eigenvalue weighted by Crippen LogP contribution is 2.23. The summed E-state index contributed by atoms with van der Waals surface area (Å²) >= 11 is 0. The fraction of sp³-hybridized carbons (Fsp3) is 0.600. The zero-order valence-electron chi connectivity index (χ0n) is 12.5. The summed E-state index contributed by atoms with van der Waals surface area (Å²) in [6, 6.07) is 3.38. The molecule has 5 nitrogen and oxygen atoms in total. The lowest BCUT2D eigenvalue weighted by atomic mass is 10.0. The summed E-state index contributed by atoms with van der Waals surface area (Å²) in [5.41, 5.74) is 1.15. The zero-order chi connectivity index (χ0) is 15.5. The summed E-state index contributed by atoms with van der Waals surface area (Å²) in [5, 5.41) is -0.446. The van der Waals surface area contributed by atoms with E-state index in [0.717, 1.165) is 25.0 Å². The Morgan fingerprint density at radius 1 is 1.24 bits per heavy atom. The monoisotopic (exact) mass is 310 g/mol. The molecule has 0 aromatic carbocycles. The predicted molar refractivity (Wildman–Crippen MR) is 81.6 cm³/mol. The number of carbonyl (C=O) groups is 1. The molecule has 0 bridgehead atoms. The Kier molecular flexibility index (Phi) is 4.98. The molecule has 0 saturated heterocycles. The summed E-state index contributed by atoms with van der Waals surface area (Å²) in [4.78, 5) is 16.2. The maximum atomic E-state index is 12.2. The van der Waals surface area contributed by atoms with E-state index in [-0.39, 0.29) is 11.5 Å². The number of aromatic nitrogens is 1. The molecule has 0 atom stereocenters. The quantitative estimate of drug-likeness (QED) is 0.927. The molecule has 1 saturated carbocycles. The number of nitrogens with one attached hydrogen (secondary N) is 1. The molecule has 1 aromatic heterocycles.